The smallest absolute Gasteiger partial charge is 0.0675 e. The number of rotatable bonds is 3. The van der Waals surface area contributed by atoms with Gasteiger partial charge in [-0.3, -0.25) is 4.90 Å². The topological polar surface area (TPSA) is 38.5 Å². The van der Waals surface area contributed by atoms with Gasteiger partial charge in [0.25, 0.3) is 0 Å². The van der Waals surface area contributed by atoms with Gasteiger partial charge in [0.05, 0.1) is 12.7 Å². The first kappa shape index (κ1) is 14.0. The molecular formula is C14H24N2OS. The van der Waals surface area contributed by atoms with E-state index < -0.39 is 0 Å². The third-order valence-corrected chi connectivity index (χ3v) is 4.70. The van der Waals surface area contributed by atoms with Crippen molar-refractivity contribution < 1.29 is 4.74 Å². The van der Waals surface area contributed by atoms with Crippen molar-refractivity contribution in [1.82, 2.24) is 4.90 Å². The summed E-state index contributed by atoms with van der Waals surface area (Å²) in [6, 6.07) is 3.07. The highest BCUT2D eigenvalue weighted by Crippen LogP contribution is 2.32. The Morgan fingerprint density at radius 1 is 1.50 bits per heavy atom. The van der Waals surface area contributed by atoms with E-state index in [4.69, 9.17) is 10.5 Å². The summed E-state index contributed by atoms with van der Waals surface area (Å²) in [7, 11) is 0. The molecule has 4 heteroatoms. The molecule has 1 fully saturated rings. The maximum Gasteiger partial charge on any atom is 0.0675 e. The molecule has 0 bridgehead atoms. The maximum atomic E-state index is 6.04. The van der Waals surface area contributed by atoms with E-state index in [0.717, 1.165) is 13.2 Å². The molecule has 0 aliphatic carbocycles. The van der Waals surface area contributed by atoms with Gasteiger partial charge in [-0.05, 0) is 39.3 Å². The molecule has 2 rings (SSSR count). The van der Waals surface area contributed by atoms with E-state index in [1.807, 2.05) is 11.3 Å². The summed E-state index contributed by atoms with van der Waals surface area (Å²) in [6.07, 6.45) is 0.301. The number of hydrogen-bond donors (Lipinski definition) is 1. The molecule has 18 heavy (non-hydrogen) atoms. The number of nitrogens with two attached hydrogens (primary N) is 1. The minimum absolute atomic E-state index is 0.301. The van der Waals surface area contributed by atoms with Gasteiger partial charge < -0.3 is 10.5 Å². The lowest BCUT2D eigenvalue weighted by atomic mass is 10.0. The first-order valence-electron chi connectivity index (χ1n) is 6.67. The van der Waals surface area contributed by atoms with E-state index in [-0.39, 0.29) is 0 Å². The summed E-state index contributed by atoms with van der Waals surface area (Å²) in [6.45, 7) is 11.2. The summed E-state index contributed by atoms with van der Waals surface area (Å²) in [5.74, 6) is 0. The second-order valence-electron chi connectivity index (χ2n) is 5.31. The molecule has 0 amide bonds. The summed E-state index contributed by atoms with van der Waals surface area (Å²) < 4.78 is 5.71. The van der Waals surface area contributed by atoms with Gasteiger partial charge in [-0.25, -0.2) is 0 Å². The third kappa shape index (κ3) is 2.77. The van der Waals surface area contributed by atoms with Crippen molar-refractivity contribution in [3.05, 3.63) is 21.4 Å². The Balaban J connectivity index is 2.24. The summed E-state index contributed by atoms with van der Waals surface area (Å²) in [4.78, 5) is 5.27. The number of hydrogen-bond acceptors (Lipinski definition) is 4. The highest BCUT2D eigenvalue weighted by atomic mass is 32.1. The average molecular weight is 268 g/mol. The Morgan fingerprint density at radius 3 is 2.78 bits per heavy atom. The predicted molar refractivity (Wildman–Crippen MR) is 77.2 cm³/mol. The van der Waals surface area contributed by atoms with Crippen LogP contribution in [0.3, 0.4) is 0 Å². The zero-order valence-electron chi connectivity index (χ0n) is 11.8. The van der Waals surface area contributed by atoms with Gasteiger partial charge in [0.1, 0.15) is 0 Å². The molecule has 2 heterocycles. The molecule has 3 unspecified atom stereocenters. The minimum atomic E-state index is 0.301. The van der Waals surface area contributed by atoms with Crippen LogP contribution in [0.5, 0.6) is 0 Å². The summed E-state index contributed by atoms with van der Waals surface area (Å²) >= 11 is 1.87. The number of nitrogens with zero attached hydrogens (tertiary/aromatic N) is 1. The van der Waals surface area contributed by atoms with E-state index in [9.17, 15) is 0 Å². The molecule has 1 saturated heterocycles. The number of ether oxygens (including phenoxy) is 1. The number of aryl methyl sites for hydroxylation is 2. The molecule has 0 spiro atoms. The standard InChI is InChI=1S/C14H24N2OS/c1-9-8-17-10(2)7-16(9)14(6-15)13-5-11(3)18-12(13)4/h5,9-10,14H,6-8,15H2,1-4H3. The van der Waals surface area contributed by atoms with E-state index in [1.165, 1.54) is 15.3 Å². The second-order valence-corrected chi connectivity index (χ2v) is 6.77. The van der Waals surface area contributed by atoms with Crippen LogP contribution in [0.1, 0.15) is 35.2 Å². The van der Waals surface area contributed by atoms with Crippen LogP contribution in [0.25, 0.3) is 0 Å². The van der Waals surface area contributed by atoms with Crippen LogP contribution in [0.4, 0.5) is 0 Å². The van der Waals surface area contributed by atoms with Crippen LogP contribution >= 0.6 is 11.3 Å². The molecule has 102 valence electrons. The lowest BCUT2D eigenvalue weighted by molar-refractivity contribution is -0.0654. The van der Waals surface area contributed by atoms with E-state index in [1.54, 1.807) is 0 Å². The van der Waals surface area contributed by atoms with Gasteiger partial charge in [0.15, 0.2) is 0 Å². The van der Waals surface area contributed by atoms with Crippen LogP contribution in [-0.2, 0) is 4.74 Å². The second kappa shape index (κ2) is 5.70. The van der Waals surface area contributed by atoms with Crippen LogP contribution in [-0.4, -0.2) is 36.7 Å². The van der Waals surface area contributed by atoms with Crippen LogP contribution in [0, 0.1) is 13.8 Å². The quantitative estimate of drug-likeness (QED) is 0.915. The van der Waals surface area contributed by atoms with Crippen molar-refractivity contribution in [2.75, 3.05) is 19.7 Å². The molecule has 3 nitrogen and oxygen atoms in total. The van der Waals surface area contributed by atoms with Crippen molar-refractivity contribution in [3.8, 4) is 0 Å². The SMILES string of the molecule is Cc1cc(C(CN)N2CC(C)OCC2C)c(C)s1. The number of thiophene rings is 1. The van der Waals surface area contributed by atoms with Gasteiger partial charge >= 0.3 is 0 Å². The van der Waals surface area contributed by atoms with Gasteiger partial charge in [-0.2, -0.15) is 0 Å². The molecule has 3 atom stereocenters. The molecule has 1 aliphatic heterocycles. The van der Waals surface area contributed by atoms with Gasteiger partial charge in [-0.1, -0.05) is 0 Å². The lowest BCUT2D eigenvalue weighted by Gasteiger charge is -2.41. The van der Waals surface area contributed by atoms with Crippen molar-refractivity contribution >= 4 is 11.3 Å². The first-order valence-corrected chi connectivity index (χ1v) is 7.49. The largest absolute Gasteiger partial charge is 0.376 e. The Hall–Kier alpha value is -0.420. The molecule has 2 N–H and O–H groups in total. The molecule has 0 radical (unpaired) electrons. The Kier molecular flexibility index (Phi) is 4.43. The molecule has 1 aromatic rings. The Bertz CT molecular complexity index is 404. The first-order chi connectivity index (χ1) is 8.52. The maximum absolute atomic E-state index is 6.04. The molecular weight excluding hydrogens is 244 g/mol. The van der Waals surface area contributed by atoms with Gasteiger partial charge in [-0.15, -0.1) is 11.3 Å². The van der Waals surface area contributed by atoms with Crippen molar-refractivity contribution in [1.29, 1.82) is 0 Å². The van der Waals surface area contributed by atoms with Gasteiger partial charge in [0, 0.05) is 34.9 Å². The number of morpholine rings is 1. The van der Waals surface area contributed by atoms with Crippen molar-refractivity contribution in [2.45, 2.75) is 45.9 Å². The minimum Gasteiger partial charge on any atom is -0.376 e. The van der Waals surface area contributed by atoms with Crippen LogP contribution in [0.2, 0.25) is 0 Å². The highest BCUT2D eigenvalue weighted by Gasteiger charge is 2.30. The fourth-order valence-electron chi connectivity index (χ4n) is 2.79. The zero-order valence-corrected chi connectivity index (χ0v) is 12.6. The molecule has 0 saturated carbocycles. The predicted octanol–water partition coefficient (Wildman–Crippen LogP) is 2.47. The Morgan fingerprint density at radius 2 is 2.22 bits per heavy atom. The fourth-order valence-corrected chi connectivity index (χ4v) is 3.77. The zero-order chi connectivity index (χ0) is 13.3. The normalized spacial score (nSPS) is 27.4. The van der Waals surface area contributed by atoms with E-state index >= 15 is 0 Å². The lowest BCUT2D eigenvalue weighted by Crippen LogP contribution is -2.50. The Labute approximate surface area is 114 Å². The third-order valence-electron chi connectivity index (χ3n) is 3.72. The van der Waals surface area contributed by atoms with Crippen molar-refractivity contribution in [3.63, 3.8) is 0 Å². The average Bonchev–Trinajstić information content (AvgIpc) is 2.64. The van der Waals surface area contributed by atoms with Crippen LogP contribution < -0.4 is 5.73 Å². The fraction of sp³-hybridized carbons (Fsp3) is 0.714. The monoisotopic (exact) mass is 268 g/mol. The molecule has 1 aromatic heterocycles. The van der Waals surface area contributed by atoms with Gasteiger partial charge in [0.2, 0.25) is 0 Å². The molecule has 1 aliphatic rings. The summed E-state index contributed by atoms with van der Waals surface area (Å²) in [5, 5.41) is 0. The van der Waals surface area contributed by atoms with E-state index in [2.05, 4.69) is 38.7 Å². The highest BCUT2D eigenvalue weighted by molar-refractivity contribution is 7.12. The van der Waals surface area contributed by atoms with E-state index in [0.29, 0.717) is 24.7 Å². The molecule has 0 aromatic carbocycles. The van der Waals surface area contributed by atoms with Crippen LogP contribution in [0.15, 0.2) is 6.07 Å². The van der Waals surface area contributed by atoms with Crippen molar-refractivity contribution in [2.24, 2.45) is 5.73 Å². The summed E-state index contributed by atoms with van der Waals surface area (Å²) in [5.41, 5.74) is 7.45.